The number of rotatable bonds is 10. The molecule has 0 saturated heterocycles. The third-order valence-corrected chi connectivity index (χ3v) is 7.85. The summed E-state index contributed by atoms with van der Waals surface area (Å²) in [6.45, 7) is 5.30. The summed E-state index contributed by atoms with van der Waals surface area (Å²) in [6.07, 6.45) is 0.472. The van der Waals surface area contributed by atoms with E-state index in [0.29, 0.717) is 34.7 Å². The highest BCUT2D eigenvalue weighted by Crippen LogP contribution is 2.29. The Morgan fingerprint density at radius 2 is 1.57 bits per heavy atom. The standard InChI is InChI=1S/C27H32N2O5S/c1-19-15-20(2)27(21(3)16-19)35(31,32)29(14-13-22-9-7-6-8-10-22)18-26(30)28-24-17-23(33-4)11-12-25(24)34-5/h6-12,15-17H,13-14,18H2,1-5H3,(H,28,30). The largest absolute Gasteiger partial charge is 0.497 e. The average Bonchev–Trinajstić information content (AvgIpc) is 2.81. The number of anilines is 1. The van der Waals surface area contributed by atoms with E-state index < -0.39 is 15.9 Å². The number of nitrogens with zero attached hydrogens (tertiary/aromatic N) is 1. The topological polar surface area (TPSA) is 84.9 Å². The van der Waals surface area contributed by atoms with Gasteiger partial charge in [0.05, 0.1) is 31.3 Å². The van der Waals surface area contributed by atoms with Crippen LogP contribution in [0.5, 0.6) is 11.5 Å². The highest BCUT2D eigenvalue weighted by atomic mass is 32.2. The lowest BCUT2D eigenvalue weighted by Crippen LogP contribution is -2.40. The van der Waals surface area contributed by atoms with Gasteiger partial charge in [-0.1, -0.05) is 48.0 Å². The van der Waals surface area contributed by atoms with E-state index in [4.69, 9.17) is 9.47 Å². The van der Waals surface area contributed by atoms with Crippen molar-refractivity contribution in [2.45, 2.75) is 32.1 Å². The zero-order valence-electron chi connectivity index (χ0n) is 20.8. The quantitative estimate of drug-likeness (QED) is 0.447. The minimum absolute atomic E-state index is 0.155. The molecule has 0 saturated carbocycles. The van der Waals surface area contributed by atoms with Gasteiger partial charge in [-0.2, -0.15) is 4.31 Å². The molecule has 0 fully saturated rings. The van der Waals surface area contributed by atoms with Crippen LogP contribution in [0, 0.1) is 20.8 Å². The number of carbonyl (C=O) groups is 1. The highest BCUT2D eigenvalue weighted by molar-refractivity contribution is 7.89. The summed E-state index contributed by atoms with van der Waals surface area (Å²) in [7, 11) is -0.926. The molecule has 0 bridgehead atoms. The van der Waals surface area contributed by atoms with Crippen LogP contribution in [-0.2, 0) is 21.2 Å². The van der Waals surface area contributed by atoms with Gasteiger partial charge in [0.25, 0.3) is 0 Å². The van der Waals surface area contributed by atoms with Crippen LogP contribution in [0.25, 0.3) is 0 Å². The minimum Gasteiger partial charge on any atom is -0.497 e. The van der Waals surface area contributed by atoms with E-state index in [1.807, 2.05) is 49.4 Å². The Bertz CT molecular complexity index is 1270. The summed E-state index contributed by atoms with van der Waals surface area (Å²) in [5, 5.41) is 2.78. The zero-order chi connectivity index (χ0) is 25.6. The molecule has 0 atom stereocenters. The first-order valence-electron chi connectivity index (χ1n) is 11.3. The van der Waals surface area contributed by atoms with Crippen LogP contribution in [0.1, 0.15) is 22.3 Å². The second kappa shape index (κ2) is 11.4. The lowest BCUT2D eigenvalue weighted by molar-refractivity contribution is -0.116. The Morgan fingerprint density at radius 1 is 0.914 bits per heavy atom. The van der Waals surface area contributed by atoms with E-state index >= 15 is 0 Å². The summed E-state index contributed by atoms with van der Waals surface area (Å²) < 4.78 is 39.5. The maximum Gasteiger partial charge on any atom is 0.244 e. The maximum absolute atomic E-state index is 13.8. The molecule has 0 aliphatic carbocycles. The Labute approximate surface area is 207 Å². The Balaban J connectivity index is 1.92. The van der Waals surface area contributed by atoms with Crippen molar-refractivity contribution in [3.8, 4) is 11.5 Å². The van der Waals surface area contributed by atoms with Gasteiger partial charge in [-0.15, -0.1) is 0 Å². The van der Waals surface area contributed by atoms with E-state index in [2.05, 4.69) is 5.32 Å². The molecular weight excluding hydrogens is 464 g/mol. The van der Waals surface area contributed by atoms with Crippen molar-refractivity contribution in [3.05, 3.63) is 82.9 Å². The molecule has 0 unspecified atom stereocenters. The summed E-state index contributed by atoms with van der Waals surface area (Å²) in [5.74, 6) is 0.513. The first-order valence-corrected chi connectivity index (χ1v) is 12.7. The zero-order valence-corrected chi connectivity index (χ0v) is 21.6. The summed E-state index contributed by atoms with van der Waals surface area (Å²) in [6, 6.07) is 18.3. The molecule has 0 heterocycles. The number of nitrogens with one attached hydrogen (secondary N) is 1. The number of sulfonamides is 1. The van der Waals surface area contributed by atoms with Crippen molar-refractivity contribution in [2.24, 2.45) is 0 Å². The van der Waals surface area contributed by atoms with Crippen molar-refractivity contribution < 1.29 is 22.7 Å². The molecule has 1 amide bonds. The van der Waals surface area contributed by atoms with Gasteiger partial charge in [-0.3, -0.25) is 4.79 Å². The predicted octanol–water partition coefficient (Wildman–Crippen LogP) is 4.50. The average molecular weight is 497 g/mol. The number of hydrogen-bond donors (Lipinski definition) is 1. The first kappa shape index (κ1) is 26.2. The molecule has 3 rings (SSSR count). The lowest BCUT2D eigenvalue weighted by atomic mass is 10.1. The monoisotopic (exact) mass is 496 g/mol. The maximum atomic E-state index is 13.8. The molecule has 0 aliphatic heterocycles. The summed E-state index contributed by atoms with van der Waals surface area (Å²) >= 11 is 0. The van der Waals surface area contributed by atoms with Crippen molar-refractivity contribution in [3.63, 3.8) is 0 Å². The number of amides is 1. The lowest BCUT2D eigenvalue weighted by Gasteiger charge is -2.24. The number of benzene rings is 3. The third kappa shape index (κ3) is 6.41. The van der Waals surface area contributed by atoms with Crippen LogP contribution in [-0.4, -0.2) is 45.9 Å². The predicted molar refractivity (Wildman–Crippen MR) is 138 cm³/mol. The molecule has 3 aromatic carbocycles. The minimum atomic E-state index is -3.95. The Morgan fingerprint density at radius 3 is 2.17 bits per heavy atom. The van der Waals surface area contributed by atoms with Gasteiger partial charge in [0.15, 0.2) is 0 Å². The van der Waals surface area contributed by atoms with E-state index in [0.717, 1.165) is 11.1 Å². The van der Waals surface area contributed by atoms with Crippen LogP contribution in [0.3, 0.4) is 0 Å². The number of methoxy groups -OCH3 is 2. The smallest absolute Gasteiger partial charge is 0.244 e. The van der Waals surface area contributed by atoms with Gasteiger partial charge in [0.1, 0.15) is 11.5 Å². The Hall–Kier alpha value is -3.36. The fourth-order valence-electron chi connectivity index (χ4n) is 4.15. The van der Waals surface area contributed by atoms with E-state index in [-0.39, 0.29) is 18.0 Å². The molecule has 0 spiro atoms. The van der Waals surface area contributed by atoms with Crippen molar-refractivity contribution in [1.29, 1.82) is 0 Å². The van der Waals surface area contributed by atoms with E-state index in [9.17, 15) is 13.2 Å². The van der Waals surface area contributed by atoms with E-state index in [1.54, 1.807) is 32.0 Å². The molecule has 0 aliphatic rings. The number of aryl methyl sites for hydroxylation is 3. The van der Waals surface area contributed by atoms with Gasteiger partial charge >= 0.3 is 0 Å². The second-order valence-corrected chi connectivity index (χ2v) is 10.3. The molecule has 3 aromatic rings. The first-order chi connectivity index (χ1) is 16.6. The number of ether oxygens (including phenoxy) is 2. The molecule has 8 heteroatoms. The van der Waals surface area contributed by atoms with Crippen LogP contribution in [0.4, 0.5) is 5.69 Å². The fraction of sp³-hybridized carbons (Fsp3) is 0.296. The second-order valence-electron chi connectivity index (χ2n) is 8.42. The van der Waals surface area contributed by atoms with Gasteiger partial charge in [0, 0.05) is 12.6 Å². The molecule has 35 heavy (non-hydrogen) atoms. The normalized spacial score (nSPS) is 11.4. The van der Waals surface area contributed by atoms with E-state index in [1.165, 1.54) is 18.5 Å². The van der Waals surface area contributed by atoms with Crippen LogP contribution >= 0.6 is 0 Å². The number of carbonyl (C=O) groups excluding carboxylic acids is 1. The van der Waals surface area contributed by atoms with Crippen molar-refractivity contribution in [1.82, 2.24) is 4.31 Å². The third-order valence-electron chi connectivity index (χ3n) is 5.70. The van der Waals surface area contributed by atoms with Crippen LogP contribution in [0.2, 0.25) is 0 Å². The van der Waals surface area contributed by atoms with Crippen molar-refractivity contribution in [2.75, 3.05) is 32.6 Å². The molecule has 1 N–H and O–H groups in total. The molecular formula is C27H32N2O5S. The molecule has 186 valence electrons. The highest BCUT2D eigenvalue weighted by Gasteiger charge is 2.30. The molecule has 7 nitrogen and oxygen atoms in total. The van der Waals surface area contributed by atoms with Gasteiger partial charge < -0.3 is 14.8 Å². The van der Waals surface area contributed by atoms with Crippen LogP contribution < -0.4 is 14.8 Å². The number of hydrogen-bond acceptors (Lipinski definition) is 5. The van der Waals surface area contributed by atoms with Gasteiger partial charge in [-0.05, 0) is 56.0 Å². The van der Waals surface area contributed by atoms with Crippen molar-refractivity contribution >= 4 is 21.6 Å². The Kier molecular flexibility index (Phi) is 8.53. The summed E-state index contributed by atoms with van der Waals surface area (Å²) in [5.41, 5.74) is 3.68. The van der Waals surface area contributed by atoms with Gasteiger partial charge in [-0.25, -0.2) is 8.42 Å². The van der Waals surface area contributed by atoms with Crippen LogP contribution in [0.15, 0.2) is 65.6 Å². The molecule has 0 radical (unpaired) electrons. The SMILES string of the molecule is COc1ccc(OC)c(NC(=O)CN(CCc2ccccc2)S(=O)(=O)c2c(C)cc(C)cc2C)c1. The molecule has 0 aromatic heterocycles. The fourth-order valence-corrected chi connectivity index (χ4v) is 5.96. The van der Waals surface area contributed by atoms with Gasteiger partial charge in [0.2, 0.25) is 15.9 Å². The summed E-state index contributed by atoms with van der Waals surface area (Å²) in [4.78, 5) is 13.3.